The quantitative estimate of drug-likeness (QED) is 0.667. The SMILES string of the molecule is C=C1C(=O)[C@]23C[C@H]1C[C@H](O)[C@H]2[C@]1(C)CCC(=O)C(C)(C)[C@H]1[C@@H](O)C3. The average Bonchev–Trinajstić information content (AvgIpc) is 2.64. The second kappa shape index (κ2) is 4.59. The third-order valence-corrected chi connectivity index (χ3v) is 8.12. The van der Waals surface area contributed by atoms with Gasteiger partial charge in [-0.05, 0) is 42.6 Å². The molecule has 132 valence electrons. The first-order chi connectivity index (χ1) is 11.1. The summed E-state index contributed by atoms with van der Waals surface area (Å²) in [5, 5.41) is 22.0. The zero-order valence-corrected chi connectivity index (χ0v) is 14.8. The summed E-state index contributed by atoms with van der Waals surface area (Å²) in [6, 6.07) is 0. The van der Waals surface area contributed by atoms with Gasteiger partial charge in [-0.25, -0.2) is 0 Å². The van der Waals surface area contributed by atoms with Crippen LogP contribution in [0.25, 0.3) is 0 Å². The predicted molar refractivity (Wildman–Crippen MR) is 89.0 cm³/mol. The Hall–Kier alpha value is -1.00. The van der Waals surface area contributed by atoms with Crippen LogP contribution in [-0.4, -0.2) is 34.0 Å². The zero-order chi connectivity index (χ0) is 17.7. The molecular formula is C20H28O4. The van der Waals surface area contributed by atoms with Crippen molar-refractivity contribution in [1.82, 2.24) is 0 Å². The molecule has 2 bridgehead atoms. The summed E-state index contributed by atoms with van der Waals surface area (Å²) in [6.45, 7) is 9.94. The lowest BCUT2D eigenvalue weighted by Crippen LogP contribution is -2.67. The molecule has 4 aliphatic rings. The molecule has 4 saturated carbocycles. The Bertz CT molecular complexity index is 650. The Kier molecular flexibility index (Phi) is 3.15. The Balaban J connectivity index is 1.89. The third-order valence-electron chi connectivity index (χ3n) is 8.12. The minimum Gasteiger partial charge on any atom is -0.393 e. The fourth-order valence-electron chi connectivity index (χ4n) is 7.44. The number of hydrogen-bond acceptors (Lipinski definition) is 4. The molecule has 1 spiro atoms. The second-order valence-electron chi connectivity index (χ2n) is 9.59. The first kappa shape index (κ1) is 16.5. The van der Waals surface area contributed by atoms with Gasteiger partial charge in [0, 0.05) is 29.1 Å². The molecule has 4 nitrogen and oxygen atoms in total. The standard InChI is InChI=1S/C20H28O4/c1-10-11-7-12(21)16-19(4)6-5-14(23)18(2,3)15(19)13(22)9-20(16,8-11)17(10)24/h11-13,15-16,21-22H,1,5-9H2,2-4H3/t11-,12+,13+,15-,16+,19-,20+/m1/s1. The minimum absolute atomic E-state index is 0.0503. The molecule has 0 saturated heterocycles. The average molecular weight is 332 g/mol. The van der Waals surface area contributed by atoms with Gasteiger partial charge in [0.05, 0.1) is 12.2 Å². The summed E-state index contributed by atoms with van der Waals surface area (Å²) in [4.78, 5) is 25.6. The van der Waals surface area contributed by atoms with Crippen LogP contribution in [0.15, 0.2) is 12.2 Å². The molecule has 4 rings (SSSR count). The van der Waals surface area contributed by atoms with E-state index in [0.29, 0.717) is 37.7 Å². The Labute approximate surface area is 143 Å². The molecule has 2 N–H and O–H groups in total. The highest BCUT2D eigenvalue weighted by Crippen LogP contribution is 2.70. The van der Waals surface area contributed by atoms with Crippen LogP contribution in [0.1, 0.15) is 52.9 Å². The number of carbonyl (C=O) groups is 2. The van der Waals surface area contributed by atoms with Crippen LogP contribution in [0.5, 0.6) is 0 Å². The van der Waals surface area contributed by atoms with E-state index in [-0.39, 0.29) is 29.3 Å². The molecule has 0 aliphatic heterocycles. The van der Waals surface area contributed by atoms with Crippen LogP contribution in [0.3, 0.4) is 0 Å². The fraction of sp³-hybridized carbons (Fsp3) is 0.800. The molecule has 0 aromatic heterocycles. The molecule has 0 aromatic carbocycles. The van der Waals surface area contributed by atoms with Gasteiger partial charge < -0.3 is 10.2 Å². The van der Waals surface area contributed by atoms with Crippen molar-refractivity contribution in [2.24, 2.45) is 34.0 Å². The third kappa shape index (κ3) is 1.67. The zero-order valence-electron chi connectivity index (χ0n) is 14.8. The van der Waals surface area contributed by atoms with Crippen molar-refractivity contribution in [3.63, 3.8) is 0 Å². The molecule has 7 atom stereocenters. The van der Waals surface area contributed by atoms with E-state index >= 15 is 0 Å². The molecule has 0 amide bonds. The van der Waals surface area contributed by atoms with Gasteiger partial charge in [0.2, 0.25) is 0 Å². The first-order valence-electron chi connectivity index (χ1n) is 9.19. The molecule has 24 heavy (non-hydrogen) atoms. The number of hydrogen-bond donors (Lipinski definition) is 2. The van der Waals surface area contributed by atoms with Gasteiger partial charge in [0.15, 0.2) is 5.78 Å². The Morgan fingerprint density at radius 1 is 1.04 bits per heavy atom. The van der Waals surface area contributed by atoms with Crippen molar-refractivity contribution >= 4 is 11.6 Å². The summed E-state index contributed by atoms with van der Waals surface area (Å²) in [6.07, 6.45) is 1.52. The van der Waals surface area contributed by atoms with E-state index in [0.717, 1.165) is 0 Å². The van der Waals surface area contributed by atoms with E-state index in [1.807, 2.05) is 13.8 Å². The lowest BCUT2D eigenvalue weighted by Gasteiger charge is -2.64. The lowest BCUT2D eigenvalue weighted by molar-refractivity contribution is -0.219. The van der Waals surface area contributed by atoms with Crippen LogP contribution in [0.4, 0.5) is 0 Å². The van der Waals surface area contributed by atoms with Gasteiger partial charge in [-0.15, -0.1) is 0 Å². The summed E-state index contributed by atoms with van der Waals surface area (Å²) in [5.74, 6) is -0.106. The van der Waals surface area contributed by atoms with Crippen LogP contribution in [0, 0.1) is 34.0 Å². The summed E-state index contributed by atoms with van der Waals surface area (Å²) in [5.41, 5.74) is -1.07. The molecule has 0 radical (unpaired) electrons. The summed E-state index contributed by atoms with van der Waals surface area (Å²) in [7, 11) is 0. The van der Waals surface area contributed by atoms with Gasteiger partial charge in [-0.1, -0.05) is 27.4 Å². The van der Waals surface area contributed by atoms with Crippen LogP contribution >= 0.6 is 0 Å². The number of aliphatic hydroxyl groups excluding tert-OH is 2. The van der Waals surface area contributed by atoms with Crippen molar-refractivity contribution in [3.8, 4) is 0 Å². The first-order valence-corrected chi connectivity index (χ1v) is 9.19. The van der Waals surface area contributed by atoms with Crippen molar-refractivity contribution in [2.75, 3.05) is 0 Å². The minimum atomic E-state index is -0.689. The van der Waals surface area contributed by atoms with Gasteiger partial charge in [0.1, 0.15) is 5.78 Å². The number of ketones is 2. The normalized spacial score (nSPS) is 52.9. The molecule has 4 heteroatoms. The summed E-state index contributed by atoms with van der Waals surface area (Å²) < 4.78 is 0. The van der Waals surface area contributed by atoms with Crippen molar-refractivity contribution in [1.29, 1.82) is 0 Å². The summed E-state index contributed by atoms with van der Waals surface area (Å²) >= 11 is 0. The predicted octanol–water partition coefficient (Wildman–Crippen LogP) is 2.28. The molecular weight excluding hydrogens is 304 g/mol. The molecule has 0 heterocycles. The van der Waals surface area contributed by atoms with E-state index in [9.17, 15) is 19.8 Å². The smallest absolute Gasteiger partial charge is 0.165 e. The van der Waals surface area contributed by atoms with Crippen molar-refractivity contribution in [3.05, 3.63) is 12.2 Å². The highest BCUT2D eigenvalue weighted by atomic mass is 16.3. The van der Waals surface area contributed by atoms with Crippen LogP contribution in [-0.2, 0) is 9.59 Å². The van der Waals surface area contributed by atoms with Crippen LogP contribution in [0.2, 0.25) is 0 Å². The van der Waals surface area contributed by atoms with Gasteiger partial charge in [-0.2, -0.15) is 0 Å². The van der Waals surface area contributed by atoms with Gasteiger partial charge in [-0.3, -0.25) is 9.59 Å². The second-order valence-corrected chi connectivity index (χ2v) is 9.59. The fourth-order valence-corrected chi connectivity index (χ4v) is 7.44. The monoisotopic (exact) mass is 332 g/mol. The molecule has 0 aromatic rings. The Morgan fingerprint density at radius 2 is 1.71 bits per heavy atom. The molecule has 0 unspecified atom stereocenters. The number of rotatable bonds is 0. The molecule has 4 fully saturated rings. The van der Waals surface area contributed by atoms with E-state index in [1.54, 1.807) is 0 Å². The maximum atomic E-state index is 13.1. The van der Waals surface area contributed by atoms with Gasteiger partial charge >= 0.3 is 0 Å². The number of Topliss-reactive ketones (excluding diaryl/α,β-unsaturated/α-hetero) is 2. The van der Waals surface area contributed by atoms with E-state index in [1.165, 1.54) is 0 Å². The highest BCUT2D eigenvalue weighted by Gasteiger charge is 2.71. The Morgan fingerprint density at radius 3 is 2.38 bits per heavy atom. The maximum Gasteiger partial charge on any atom is 0.165 e. The van der Waals surface area contributed by atoms with E-state index in [2.05, 4.69) is 13.5 Å². The number of carbonyl (C=O) groups excluding carboxylic acids is 2. The van der Waals surface area contributed by atoms with E-state index < -0.39 is 28.5 Å². The largest absolute Gasteiger partial charge is 0.393 e. The maximum absolute atomic E-state index is 13.1. The number of aliphatic hydroxyl groups is 2. The van der Waals surface area contributed by atoms with Gasteiger partial charge in [0.25, 0.3) is 0 Å². The lowest BCUT2D eigenvalue weighted by atomic mass is 9.39. The van der Waals surface area contributed by atoms with Crippen LogP contribution < -0.4 is 0 Å². The topological polar surface area (TPSA) is 74.6 Å². The van der Waals surface area contributed by atoms with E-state index in [4.69, 9.17) is 0 Å². The molecule has 4 aliphatic carbocycles. The van der Waals surface area contributed by atoms with Crippen molar-refractivity contribution < 1.29 is 19.8 Å². The number of fused-ring (bicyclic) bond motifs is 3. The number of allylic oxidation sites excluding steroid dienone is 1. The van der Waals surface area contributed by atoms with Crippen molar-refractivity contribution in [2.45, 2.75) is 65.1 Å². The highest BCUT2D eigenvalue weighted by molar-refractivity contribution is 6.03.